The lowest BCUT2D eigenvalue weighted by Gasteiger charge is -2.34. The van der Waals surface area contributed by atoms with Gasteiger partial charge in [0.2, 0.25) is 11.8 Å². The second kappa shape index (κ2) is 17.0. The standard InChI is InChI=1S/C42H52N8O8/c1-24(2)34(47-40(53)54)38(51)49-17-6-8-32(49)36-43-21-30(45-36)28-13-9-26(10-14-28)27-11-15-29(16-12-27)31-22-44-37(46-31)33-20-42(57-18-7-19-58-42)23-50(33)39(52)35(25(3)4)48-41(55)56-5/h9-16,21-22,24-25,32-35,47H,6-8,17-20,23H2,1-5H3,(H,43,45)(H,44,46)(H,48,55)(H,53,54)/t32-,33-,34-,35-/m0/s1. The quantitative estimate of drug-likeness (QED) is 0.122. The molecular weight excluding hydrogens is 745 g/mol. The summed E-state index contributed by atoms with van der Waals surface area (Å²) in [6.07, 6.45) is 4.49. The summed E-state index contributed by atoms with van der Waals surface area (Å²) in [5, 5.41) is 14.4. The second-order valence-corrected chi connectivity index (χ2v) is 15.9. The van der Waals surface area contributed by atoms with Crippen molar-refractivity contribution in [3.63, 3.8) is 0 Å². The predicted octanol–water partition coefficient (Wildman–Crippen LogP) is 5.88. The molecule has 0 aliphatic carbocycles. The number of imidazole rings is 2. The number of amides is 4. The summed E-state index contributed by atoms with van der Waals surface area (Å²) < 4.78 is 17.1. The van der Waals surface area contributed by atoms with Gasteiger partial charge in [-0.3, -0.25) is 9.59 Å². The first kappa shape index (κ1) is 40.5. The van der Waals surface area contributed by atoms with Crippen molar-refractivity contribution in [3.8, 4) is 33.6 Å². The molecule has 3 saturated heterocycles. The molecule has 5 N–H and O–H groups in total. The molecule has 0 saturated carbocycles. The van der Waals surface area contributed by atoms with Gasteiger partial charge in [0.15, 0.2) is 5.79 Å². The molecule has 1 spiro atoms. The molecule has 4 amide bonds. The number of nitrogens with zero attached hydrogens (tertiary/aromatic N) is 4. The van der Waals surface area contributed by atoms with Gasteiger partial charge in [-0.2, -0.15) is 0 Å². The van der Waals surface area contributed by atoms with E-state index in [2.05, 4.69) is 20.6 Å². The molecule has 3 fully saturated rings. The van der Waals surface area contributed by atoms with E-state index in [4.69, 9.17) is 24.2 Å². The van der Waals surface area contributed by atoms with Crippen LogP contribution in [-0.4, -0.2) is 110 Å². The summed E-state index contributed by atoms with van der Waals surface area (Å²) in [6.45, 7) is 9.21. The van der Waals surface area contributed by atoms with E-state index >= 15 is 0 Å². The van der Waals surface area contributed by atoms with Crippen LogP contribution in [0.25, 0.3) is 33.6 Å². The maximum Gasteiger partial charge on any atom is 0.407 e. The summed E-state index contributed by atoms with van der Waals surface area (Å²) in [4.78, 5) is 70.7. The number of rotatable bonds is 11. The minimum atomic E-state index is -1.22. The van der Waals surface area contributed by atoms with Crippen LogP contribution in [-0.2, 0) is 23.8 Å². The van der Waals surface area contributed by atoms with E-state index in [1.54, 1.807) is 9.80 Å². The van der Waals surface area contributed by atoms with Crippen molar-refractivity contribution in [2.75, 3.05) is 33.4 Å². The van der Waals surface area contributed by atoms with E-state index in [0.29, 0.717) is 37.8 Å². The van der Waals surface area contributed by atoms with Crippen LogP contribution in [0.4, 0.5) is 9.59 Å². The lowest BCUT2D eigenvalue weighted by Crippen LogP contribution is -2.52. The molecule has 2 aromatic carbocycles. The Kier molecular flexibility index (Phi) is 11.9. The molecule has 16 heteroatoms. The Hall–Kier alpha value is -5.74. The van der Waals surface area contributed by atoms with Crippen molar-refractivity contribution in [2.45, 2.75) is 83.3 Å². The van der Waals surface area contributed by atoms with Crippen molar-refractivity contribution < 1.29 is 38.5 Å². The first-order chi connectivity index (χ1) is 27.9. The monoisotopic (exact) mass is 796 g/mol. The Balaban J connectivity index is 1.04. The van der Waals surface area contributed by atoms with Crippen molar-refractivity contribution in [1.29, 1.82) is 0 Å². The maximum atomic E-state index is 14.0. The number of aromatic amines is 2. The number of ether oxygens (including phenoxy) is 3. The fourth-order valence-electron chi connectivity index (χ4n) is 8.14. The van der Waals surface area contributed by atoms with E-state index in [1.807, 2.05) is 88.6 Å². The Morgan fingerprint density at radius 3 is 1.78 bits per heavy atom. The van der Waals surface area contributed by atoms with E-state index in [1.165, 1.54) is 7.11 Å². The molecule has 4 aromatic rings. The average molecular weight is 797 g/mol. The summed E-state index contributed by atoms with van der Waals surface area (Å²) in [6, 6.07) is 13.8. The van der Waals surface area contributed by atoms with Gasteiger partial charge in [-0.1, -0.05) is 76.2 Å². The van der Waals surface area contributed by atoms with Gasteiger partial charge < -0.3 is 49.7 Å². The molecule has 0 radical (unpaired) electrons. The number of aromatic nitrogens is 4. The number of carbonyl (C=O) groups is 4. The van der Waals surface area contributed by atoms with Crippen LogP contribution in [0.1, 0.15) is 77.1 Å². The van der Waals surface area contributed by atoms with Crippen molar-refractivity contribution in [3.05, 3.63) is 72.6 Å². The molecular formula is C42H52N8O8. The van der Waals surface area contributed by atoms with E-state index < -0.39 is 36.1 Å². The van der Waals surface area contributed by atoms with Gasteiger partial charge >= 0.3 is 12.2 Å². The van der Waals surface area contributed by atoms with Crippen molar-refractivity contribution >= 4 is 24.0 Å². The van der Waals surface area contributed by atoms with Crippen molar-refractivity contribution in [2.24, 2.45) is 11.8 Å². The zero-order valence-corrected chi connectivity index (χ0v) is 33.5. The zero-order valence-electron chi connectivity index (χ0n) is 33.5. The van der Waals surface area contributed by atoms with Gasteiger partial charge in [0.1, 0.15) is 23.7 Å². The molecule has 16 nitrogen and oxygen atoms in total. The first-order valence-corrected chi connectivity index (χ1v) is 19.9. The van der Waals surface area contributed by atoms with Crippen molar-refractivity contribution in [1.82, 2.24) is 40.4 Å². The van der Waals surface area contributed by atoms with E-state index in [-0.39, 0.29) is 36.2 Å². The predicted molar refractivity (Wildman–Crippen MR) is 213 cm³/mol. The second-order valence-electron chi connectivity index (χ2n) is 15.9. The van der Waals surface area contributed by atoms with Crippen LogP contribution in [0, 0.1) is 11.8 Å². The van der Waals surface area contributed by atoms with Gasteiger partial charge in [0, 0.05) is 36.5 Å². The minimum absolute atomic E-state index is 0.194. The van der Waals surface area contributed by atoms with Gasteiger partial charge in [0.25, 0.3) is 0 Å². The third kappa shape index (κ3) is 8.43. The number of benzene rings is 2. The van der Waals surface area contributed by atoms with E-state index in [0.717, 1.165) is 52.9 Å². The number of hydrogen-bond acceptors (Lipinski definition) is 9. The van der Waals surface area contributed by atoms with Crippen LogP contribution >= 0.6 is 0 Å². The maximum absolute atomic E-state index is 14.0. The summed E-state index contributed by atoms with van der Waals surface area (Å²) in [5.74, 6) is -0.567. The molecule has 3 aliphatic heterocycles. The van der Waals surface area contributed by atoms with Crippen LogP contribution in [0.15, 0.2) is 60.9 Å². The fraction of sp³-hybridized carbons (Fsp3) is 0.476. The van der Waals surface area contributed by atoms with Gasteiger partial charge in [0.05, 0.1) is 50.3 Å². The minimum Gasteiger partial charge on any atom is -0.465 e. The highest BCUT2D eigenvalue weighted by Crippen LogP contribution is 2.42. The third-order valence-electron chi connectivity index (χ3n) is 11.3. The smallest absolute Gasteiger partial charge is 0.407 e. The molecule has 2 aromatic heterocycles. The van der Waals surface area contributed by atoms with E-state index in [9.17, 15) is 24.3 Å². The number of likely N-dealkylation sites (tertiary alicyclic amines) is 2. The largest absolute Gasteiger partial charge is 0.465 e. The SMILES string of the molecule is COC(=O)N[C@H](C(=O)N1CC2(C[C@H]1c1nc(-c3ccc(-c4ccc(-c5c[nH]c([C@@H]6CCCN6C(=O)[C@@H](NC(=O)O)C(C)C)n5)cc4)cc3)c[nH]1)OCCCO2)C(C)C. The highest BCUT2D eigenvalue weighted by atomic mass is 16.7. The Labute approximate surface area is 337 Å². The molecule has 58 heavy (non-hydrogen) atoms. The Morgan fingerprint density at radius 1 is 0.759 bits per heavy atom. The van der Waals surface area contributed by atoms with Gasteiger partial charge in [-0.05, 0) is 42.2 Å². The zero-order chi connectivity index (χ0) is 41.1. The number of H-pyrrole nitrogens is 2. The number of carbonyl (C=O) groups excluding carboxylic acids is 3. The number of nitrogens with one attached hydrogen (secondary N) is 4. The normalized spacial score (nSPS) is 20.1. The van der Waals surface area contributed by atoms with Gasteiger partial charge in [-0.25, -0.2) is 19.6 Å². The Bertz CT molecular complexity index is 2090. The molecule has 308 valence electrons. The number of methoxy groups -OCH3 is 1. The number of carboxylic acid groups (broad SMARTS) is 1. The fourth-order valence-corrected chi connectivity index (χ4v) is 8.14. The molecule has 0 unspecified atom stereocenters. The van der Waals surface area contributed by atoms with Crippen LogP contribution < -0.4 is 10.6 Å². The lowest BCUT2D eigenvalue weighted by atomic mass is 10.0. The molecule has 5 heterocycles. The topological polar surface area (TPSA) is 204 Å². The van der Waals surface area contributed by atoms with Crippen LogP contribution in [0.5, 0.6) is 0 Å². The molecule has 0 bridgehead atoms. The number of alkyl carbamates (subject to hydrolysis) is 1. The van der Waals surface area contributed by atoms with Gasteiger partial charge in [-0.15, -0.1) is 0 Å². The van der Waals surface area contributed by atoms with Crippen LogP contribution in [0.2, 0.25) is 0 Å². The lowest BCUT2D eigenvalue weighted by molar-refractivity contribution is -0.257. The molecule has 3 aliphatic rings. The summed E-state index contributed by atoms with van der Waals surface area (Å²) in [5.41, 5.74) is 5.32. The third-order valence-corrected chi connectivity index (χ3v) is 11.3. The first-order valence-electron chi connectivity index (χ1n) is 19.9. The average Bonchev–Trinajstić information content (AvgIpc) is 4.05. The summed E-state index contributed by atoms with van der Waals surface area (Å²) in [7, 11) is 1.27. The highest BCUT2D eigenvalue weighted by molar-refractivity contribution is 5.87. The molecule has 7 rings (SSSR count). The Morgan fingerprint density at radius 2 is 1.26 bits per heavy atom. The highest BCUT2D eigenvalue weighted by Gasteiger charge is 2.52. The number of hydrogen-bond donors (Lipinski definition) is 5. The van der Waals surface area contributed by atoms with Crippen LogP contribution in [0.3, 0.4) is 0 Å². The molecule has 4 atom stereocenters. The summed E-state index contributed by atoms with van der Waals surface area (Å²) >= 11 is 0.